The quantitative estimate of drug-likeness (QED) is 0.0738. The van der Waals surface area contributed by atoms with E-state index in [1.807, 2.05) is 0 Å². The lowest BCUT2D eigenvalue weighted by molar-refractivity contribution is 0.136. The highest BCUT2D eigenvalue weighted by Crippen LogP contribution is 2.35. The number of nitrogens with zero attached hydrogens (tertiary/aromatic N) is 2. The van der Waals surface area contributed by atoms with Crippen LogP contribution in [0.2, 0.25) is 0 Å². The number of hydrogen-bond acceptors (Lipinski definition) is 10. The Morgan fingerprint density at radius 2 is 0.879 bits per heavy atom. The minimum absolute atomic E-state index is 0.0694. The maximum atomic E-state index is 10.2. The molecule has 0 aliphatic carbocycles. The van der Waals surface area contributed by atoms with Crippen LogP contribution in [-0.4, -0.2) is 136 Å². The normalized spacial score (nSPS) is 11.2. The van der Waals surface area contributed by atoms with Crippen LogP contribution in [0.15, 0.2) is 0 Å². The van der Waals surface area contributed by atoms with Gasteiger partial charge in [0.1, 0.15) is 0 Å². The molecule has 0 spiro atoms. The second kappa shape index (κ2) is 29.8. The molecule has 0 amide bonds. The smallest absolute Gasteiger partial charge is 0.395 e. The highest BCUT2D eigenvalue weighted by atomic mass is 31.2. The molecule has 0 rings (SSSR count). The number of rotatable bonds is 20. The SMILES string of the molecule is CCCCCCCCOP(=O)(O)O.OCCN(CCO)CCO.OCCN(CCO)CCO. The van der Waals surface area contributed by atoms with E-state index < -0.39 is 7.82 Å². The van der Waals surface area contributed by atoms with Crippen LogP contribution in [0.3, 0.4) is 0 Å². The van der Waals surface area contributed by atoms with Crippen molar-refractivity contribution in [1.29, 1.82) is 0 Å². The molecule has 0 saturated carbocycles. The average molecular weight is 509 g/mol. The largest absolute Gasteiger partial charge is 0.469 e. The Labute approximate surface area is 198 Å². The Hall–Kier alpha value is -0.210. The maximum Gasteiger partial charge on any atom is 0.469 e. The summed E-state index contributed by atoms with van der Waals surface area (Å²) in [5, 5.41) is 50.9. The molecule has 8 N–H and O–H groups in total. The molecule has 0 fully saturated rings. The molecule has 0 aromatic carbocycles. The third-order valence-corrected chi connectivity index (χ3v) is 4.77. The summed E-state index contributed by atoms with van der Waals surface area (Å²) in [7, 11) is -4.23. The van der Waals surface area contributed by atoms with Gasteiger partial charge in [-0.15, -0.1) is 0 Å². The molecule has 0 atom stereocenters. The fraction of sp³-hybridized carbons (Fsp3) is 1.00. The van der Waals surface area contributed by atoms with E-state index in [0.717, 1.165) is 19.3 Å². The summed E-state index contributed by atoms with van der Waals surface area (Å²) in [5.41, 5.74) is 0. The van der Waals surface area contributed by atoms with Crippen LogP contribution in [0.4, 0.5) is 0 Å². The van der Waals surface area contributed by atoms with Gasteiger partial charge in [-0.25, -0.2) is 4.57 Å². The topological polar surface area (TPSA) is 195 Å². The minimum Gasteiger partial charge on any atom is -0.395 e. The highest BCUT2D eigenvalue weighted by Gasteiger charge is 2.12. The zero-order chi connectivity index (χ0) is 25.8. The van der Waals surface area contributed by atoms with Gasteiger partial charge >= 0.3 is 7.82 Å². The van der Waals surface area contributed by atoms with Gasteiger partial charge in [0, 0.05) is 39.3 Å². The zero-order valence-electron chi connectivity index (χ0n) is 20.2. The van der Waals surface area contributed by atoms with E-state index in [1.165, 1.54) is 19.3 Å². The zero-order valence-corrected chi connectivity index (χ0v) is 21.1. The average Bonchev–Trinajstić information content (AvgIpc) is 2.74. The van der Waals surface area contributed by atoms with E-state index in [-0.39, 0.29) is 46.2 Å². The molecule has 0 heterocycles. The first-order chi connectivity index (χ1) is 15.8. The first-order valence-corrected chi connectivity index (χ1v) is 13.1. The molecule has 12 nitrogen and oxygen atoms in total. The molecule has 204 valence electrons. The van der Waals surface area contributed by atoms with Crippen molar-refractivity contribution in [2.75, 3.05) is 85.5 Å². The van der Waals surface area contributed by atoms with Crippen LogP contribution in [-0.2, 0) is 9.09 Å². The summed E-state index contributed by atoms with van der Waals surface area (Å²) >= 11 is 0. The van der Waals surface area contributed by atoms with Crippen molar-refractivity contribution in [2.24, 2.45) is 0 Å². The monoisotopic (exact) mass is 508 g/mol. The third-order valence-electron chi connectivity index (χ3n) is 4.25. The molecule has 0 saturated heterocycles. The molecular weight excluding hydrogens is 459 g/mol. The summed E-state index contributed by atoms with van der Waals surface area (Å²) in [6, 6.07) is 0. The lowest BCUT2D eigenvalue weighted by Gasteiger charge is -2.17. The molecule has 13 heteroatoms. The number of unbranched alkanes of at least 4 members (excludes halogenated alkanes) is 5. The van der Waals surface area contributed by atoms with Crippen LogP contribution in [0.1, 0.15) is 45.4 Å². The van der Waals surface area contributed by atoms with Crippen LogP contribution >= 0.6 is 7.82 Å². The van der Waals surface area contributed by atoms with Crippen molar-refractivity contribution in [2.45, 2.75) is 45.4 Å². The summed E-state index contributed by atoms with van der Waals surface area (Å²) in [6.07, 6.45) is 6.48. The molecule has 0 unspecified atom stereocenters. The van der Waals surface area contributed by atoms with Gasteiger partial charge in [0.25, 0.3) is 0 Å². The minimum atomic E-state index is -4.23. The predicted molar refractivity (Wildman–Crippen MR) is 127 cm³/mol. The summed E-state index contributed by atoms with van der Waals surface area (Å²) in [6.45, 7) is 5.82. The van der Waals surface area contributed by atoms with Gasteiger partial charge in [0.05, 0.1) is 46.2 Å². The number of aliphatic hydroxyl groups is 6. The fourth-order valence-corrected chi connectivity index (χ4v) is 2.95. The van der Waals surface area contributed by atoms with Gasteiger partial charge in [0.2, 0.25) is 0 Å². The first kappa shape index (κ1) is 37.3. The molecule has 0 aromatic rings. The molecule has 33 heavy (non-hydrogen) atoms. The molecule has 0 radical (unpaired) electrons. The number of phosphoric acid groups is 1. The Bertz CT molecular complexity index is 359. The summed E-state index contributed by atoms with van der Waals surface area (Å²) in [4.78, 5) is 20.3. The predicted octanol–water partition coefficient (Wildman–Crippen LogP) is -1.01. The van der Waals surface area contributed by atoms with Crippen LogP contribution in [0, 0.1) is 0 Å². The Balaban J connectivity index is -0.000000415. The lowest BCUT2D eigenvalue weighted by Crippen LogP contribution is -2.32. The van der Waals surface area contributed by atoms with Gasteiger partial charge in [-0.05, 0) is 6.42 Å². The molecule has 0 aliphatic rings. The van der Waals surface area contributed by atoms with E-state index in [2.05, 4.69) is 11.4 Å². The van der Waals surface area contributed by atoms with E-state index >= 15 is 0 Å². The maximum absolute atomic E-state index is 10.2. The van der Waals surface area contributed by atoms with Crippen molar-refractivity contribution < 1.29 is 49.5 Å². The van der Waals surface area contributed by atoms with Crippen LogP contribution in [0.25, 0.3) is 0 Å². The van der Waals surface area contributed by atoms with Gasteiger partial charge in [-0.1, -0.05) is 39.0 Å². The van der Waals surface area contributed by atoms with Crippen molar-refractivity contribution in [1.82, 2.24) is 9.80 Å². The van der Waals surface area contributed by atoms with E-state index in [4.69, 9.17) is 40.4 Å². The van der Waals surface area contributed by atoms with Gasteiger partial charge < -0.3 is 40.4 Å². The fourth-order valence-electron chi connectivity index (χ4n) is 2.59. The second-order valence-electron chi connectivity index (χ2n) is 7.12. The van der Waals surface area contributed by atoms with Crippen molar-refractivity contribution in [3.63, 3.8) is 0 Å². The number of hydrogen-bond donors (Lipinski definition) is 8. The second-order valence-corrected chi connectivity index (χ2v) is 8.36. The van der Waals surface area contributed by atoms with Crippen molar-refractivity contribution >= 4 is 7.82 Å². The van der Waals surface area contributed by atoms with E-state index in [1.54, 1.807) is 9.80 Å². The van der Waals surface area contributed by atoms with Crippen LogP contribution in [0.5, 0.6) is 0 Å². The lowest BCUT2D eigenvalue weighted by atomic mass is 10.1. The van der Waals surface area contributed by atoms with E-state index in [9.17, 15) is 4.57 Å². The van der Waals surface area contributed by atoms with Gasteiger partial charge in [-0.3, -0.25) is 14.3 Å². The van der Waals surface area contributed by atoms with Crippen molar-refractivity contribution in [3.05, 3.63) is 0 Å². The Morgan fingerprint density at radius 1 is 0.576 bits per heavy atom. The van der Waals surface area contributed by atoms with Crippen molar-refractivity contribution in [3.8, 4) is 0 Å². The Morgan fingerprint density at radius 3 is 1.15 bits per heavy atom. The molecule has 0 aliphatic heterocycles. The molecular formula is C20H49N2O10P. The van der Waals surface area contributed by atoms with Gasteiger partial charge in [-0.2, -0.15) is 0 Å². The Kier molecular flexibility index (Phi) is 33.7. The molecule has 0 bridgehead atoms. The standard InChI is InChI=1S/C8H19O4P.2C6H15NO3/c1-2-3-4-5-6-7-8-12-13(9,10)11;2*8-4-1-7(2-5-9)3-6-10/h2-8H2,1H3,(H2,9,10,11);2*8-10H,1-6H2. The van der Waals surface area contributed by atoms with Gasteiger partial charge in [0.15, 0.2) is 0 Å². The number of aliphatic hydroxyl groups excluding tert-OH is 6. The van der Waals surface area contributed by atoms with E-state index in [0.29, 0.717) is 39.3 Å². The molecule has 0 aromatic heterocycles. The summed E-state index contributed by atoms with van der Waals surface area (Å²) in [5.74, 6) is 0. The highest BCUT2D eigenvalue weighted by molar-refractivity contribution is 7.46. The first-order valence-electron chi connectivity index (χ1n) is 11.6. The summed E-state index contributed by atoms with van der Waals surface area (Å²) < 4.78 is 14.5. The van der Waals surface area contributed by atoms with Crippen LogP contribution < -0.4 is 0 Å². The third kappa shape index (κ3) is 36.5. The number of phosphoric ester groups is 1.